The quantitative estimate of drug-likeness (QED) is 0.849. The number of hydrogen-bond acceptors (Lipinski definition) is 5. The van der Waals surface area contributed by atoms with Gasteiger partial charge in [-0.25, -0.2) is 0 Å². The molecule has 3 rings (SSSR count). The van der Waals surface area contributed by atoms with Crippen molar-refractivity contribution >= 4 is 11.7 Å². The van der Waals surface area contributed by atoms with Crippen LogP contribution in [0, 0.1) is 12.8 Å². The van der Waals surface area contributed by atoms with E-state index in [-0.39, 0.29) is 11.5 Å². The molecule has 3 heterocycles. The number of rotatable bonds is 4. The van der Waals surface area contributed by atoms with Gasteiger partial charge >= 0.3 is 0 Å². The third kappa shape index (κ3) is 3.13. The van der Waals surface area contributed by atoms with Gasteiger partial charge in [0.05, 0.1) is 11.3 Å². The highest BCUT2D eigenvalue weighted by Crippen LogP contribution is 2.21. The van der Waals surface area contributed by atoms with Crippen LogP contribution in [0.1, 0.15) is 16.1 Å². The van der Waals surface area contributed by atoms with Crippen LogP contribution in [-0.4, -0.2) is 40.7 Å². The number of pyridine rings is 1. The molecule has 0 atom stereocenters. The number of amides is 1. The molecule has 22 heavy (non-hydrogen) atoms. The maximum atomic E-state index is 11.9. The lowest BCUT2D eigenvalue weighted by atomic mass is 10.00. The summed E-state index contributed by atoms with van der Waals surface area (Å²) in [7, 11) is 0. The summed E-state index contributed by atoms with van der Waals surface area (Å²) in [6.07, 6.45) is 1.42. The molecular weight excluding hydrogens is 282 g/mol. The van der Waals surface area contributed by atoms with Crippen LogP contribution in [0.25, 0.3) is 0 Å². The molecule has 7 heteroatoms. The highest BCUT2D eigenvalue weighted by molar-refractivity contribution is 5.93. The summed E-state index contributed by atoms with van der Waals surface area (Å²) in [6, 6.07) is 6.75. The van der Waals surface area contributed by atoms with E-state index in [9.17, 15) is 9.59 Å². The molecule has 2 aromatic rings. The molecule has 0 unspecified atom stereocenters. The van der Waals surface area contributed by atoms with Crippen LogP contribution in [0.4, 0.5) is 5.82 Å². The normalized spacial score (nSPS) is 14.5. The van der Waals surface area contributed by atoms with Gasteiger partial charge in [0.1, 0.15) is 0 Å². The molecule has 0 radical (unpaired) electrons. The Morgan fingerprint density at radius 1 is 1.32 bits per heavy atom. The second-order valence-electron chi connectivity index (χ2n) is 5.46. The first-order valence-electron chi connectivity index (χ1n) is 7.14. The number of aromatic nitrogens is 3. The summed E-state index contributed by atoms with van der Waals surface area (Å²) in [6.45, 7) is 4.21. The Kier molecular flexibility index (Phi) is 3.86. The summed E-state index contributed by atoms with van der Waals surface area (Å²) < 4.78 is 0. The maximum absolute atomic E-state index is 11.9. The van der Waals surface area contributed by atoms with Crippen LogP contribution in [0.3, 0.4) is 0 Å². The largest absolute Gasteiger partial charge is 0.354 e. The first-order valence-corrected chi connectivity index (χ1v) is 7.14. The minimum absolute atomic E-state index is 0.176. The number of nitrogens with one attached hydrogen (secondary N) is 2. The number of aryl methyl sites for hydroxylation is 1. The van der Waals surface area contributed by atoms with E-state index in [4.69, 9.17) is 0 Å². The van der Waals surface area contributed by atoms with Gasteiger partial charge in [0.15, 0.2) is 5.82 Å². The highest BCUT2D eigenvalue weighted by atomic mass is 16.1. The Hall–Kier alpha value is -2.70. The first kappa shape index (κ1) is 14.2. The molecule has 1 saturated heterocycles. The minimum Gasteiger partial charge on any atom is -0.354 e. The standard InChI is InChI=1S/C15H17N5O2/c1-10-2-4-13(19-18-10)20-8-11(9-20)6-17-15(22)12-3-5-14(21)16-7-12/h2-5,7,11H,6,8-9H2,1H3,(H,16,21)(H,17,22). The average Bonchev–Trinajstić information content (AvgIpc) is 2.48. The van der Waals surface area contributed by atoms with E-state index >= 15 is 0 Å². The van der Waals surface area contributed by atoms with E-state index in [0.29, 0.717) is 18.0 Å². The SMILES string of the molecule is Cc1ccc(N2CC(CNC(=O)c3ccc(=O)[nH]c3)C2)nn1. The zero-order chi connectivity index (χ0) is 15.5. The summed E-state index contributed by atoms with van der Waals surface area (Å²) >= 11 is 0. The molecule has 1 aliphatic heterocycles. The topological polar surface area (TPSA) is 91.0 Å². The number of nitrogens with zero attached hydrogens (tertiary/aromatic N) is 3. The smallest absolute Gasteiger partial charge is 0.252 e. The van der Waals surface area contributed by atoms with Crippen LogP contribution in [0.5, 0.6) is 0 Å². The van der Waals surface area contributed by atoms with Crippen molar-refractivity contribution in [3.63, 3.8) is 0 Å². The highest BCUT2D eigenvalue weighted by Gasteiger charge is 2.28. The molecule has 0 saturated carbocycles. The van der Waals surface area contributed by atoms with Gasteiger partial charge in [-0.2, -0.15) is 5.10 Å². The van der Waals surface area contributed by atoms with Crippen molar-refractivity contribution < 1.29 is 4.79 Å². The van der Waals surface area contributed by atoms with E-state index in [0.717, 1.165) is 24.6 Å². The van der Waals surface area contributed by atoms with Crippen molar-refractivity contribution in [2.24, 2.45) is 5.92 Å². The van der Waals surface area contributed by atoms with E-state index in [1.165, 1.54) is 18.3 Å². The molecule has 2 aromatic heterocycles. The second-order valence-corrected chi connectivity index (χ2v) is 5.46. The summed E-state index contributed by atoms with van der Waals surface area (Å²) in [5.41, 5.74) is 1.14. The Labute approximate surface area is 127 Å². The molecule has 0 bridgehead atoms. The van der Waals surface area contributed by atoms with Gasteiger partial charge in [-0.3, -0.25) is 9.59 Å². The van der Waals surface area contributed by atoms with Gasteiger partial charge in [0.25, 0.3) is 5.91 Å². The number of anilines is 1. The van der Waals surface area contributed by atoms with Gasteiger partial charge < -0.3 is 15.2 Å². The lowest BCUT2D eigenvalue weighted by Gasteiger charge is -2.39. The van der Waals surface area contributed by atoms with E-state index in [1.54, 1.807) is 0 Å². The Morgan fingerprint density at radius 3 is 2.77 bits per heavy atom. The molecule has 7 nitrogen and oxygen atoms in total. The molecule has 2 N–H and O–H groups in total. The zero-order valence-electron chi connectivity index (χ0n) is 12.2. The molecule has 114 valence electrons. The van der Waals surface area contributed by atoms with Crippen LogP contribution in [-0.2, 0) is 0 Å². The number of carbonyl (C=O) groups is 1. The third-order valence-corrected chi connectivity index (χ3v) is 3.66. The lowest BCUT2D eigenvalue weighted by Crippen LogP contribution is -2.52. The maximum Gasteiger partial charge on any atom is 0.252 e. The lowest BCUT2D eigenvalue weighted by molar-refractivity contribution is 0.0944. The summed E-state index contributed by atoms with van der Waals surface area (Å²) in [4.78, 5) is 27.5. The molecule has 0 aliphatic carbocycles. The van der Waals surface area contributed by atoms with Crippen molar-refractivity contribution in [3.05, 3.63) is 52.1 Å². The fourth-order valence-corrected chi connectivity index (χ4v) is 2.34. The van der Waals surface area contributed by atoms with Crippen molar-refractivity contribution in [1.82, 2.24) is 20.5 Å². The van der Waals surface area contributed by atoms with E-state index in [1.807, 2.05) is 19.1 Å². The first-order chi connectivity index (χ1) is 10.6. The number of carbonyl (C=O) groups excluding carboxylic acids is 1. The monoisotopic (exact) mass is 299 g/mol. The summed E-state index contributed by atoms with van der Waals surface area (Å²) in [5.74, 6) is 1.09. The van der Waals surface area contributed by atoms with Crippen LogP contribution >= 0.6 is 0 Å². The number of aromatic amines is 1. The predicted octanol–water partition coefficient (Wildman–Crippen LogP) is 0.340. The Balaban J connectivity index is 1.46. The van der Waals surface area contributed by atoms with Gasteiger partial charge in [0, 0.05) is 37.8 Å². The van der Waals surface area contributed by atoms with Crippen molar-refractivity contribution in [2.75, 3.05) is 24.5 Å². The van der Waals surface area contributed by atoms with Crippen molar-refractivity contribution in [1.29, 1.82) is 0 Å². The minimum atomic E-state index is -0.217. The summed E-state index contributed by atoms with van der Waals surface area (Å²) in [5, 5.41) is 11.1. The van der Waals surface area contributed by atoms with Gasteiger partial charge in [-0.1, -0.05) is 0 Å². The molecule has 1 aliphatic rings. The van der Waals surface area contributed by atoms with Crippen LogP contribution in [0.2, 0.25) is 0 Å². The number of hydrogen-bond donors (Lipinski definition) is 2. The average molecular weight is 299 g/mol. The second kappa shape index (κ2) is 5.97. The Morgan fingerprint density at radius 2 is 2.14 bits per heavy atom. The van der Waals surface area contributed by atoms with Gasteiger partial charge in [-0.05, 0) is 25.1 Å². The molecule has 0 spiro atoms. The molecule has 0 aromatic carbocycles. The van der Waals surface area contributed by atoms with Crippen LogP contribution in [0.15, 0.2) is 35.3 Å². The Bertz CT molecular complexity index is 699. The van der Waals surface area contributed by atoms with E-state index in [2.05, 4.69) is 25.4 Å². The van der Waals surface area contributed by atoms with Gasteiger partial charge in [0.2, 0.25) is 5.56 Å². The molecular formula is C15H17N5O2. The third-order valence-electron chi connectivity index (χ3n) is 3.66. The fraction of sp³-hybridized carbons (Fsp3) is 0.333. The zero-order valence-corrected chi connectivity index (χ0v) is 12.2. The van der Waals surface area contributed by atoms with Crippen LogP contribution < -0.4 is 15.8 Å². The molecule has 1 amide bonds. The van der Waals surface area contributed by atoms with E-state index < -0.39 is 0 Å². The number of H-pyrrole nitrogens is 1. The fourth-order valence-electron chi connectivity index (χ4n) is 2.34. The van der Waals surface area contributed by atoms with Crippen molar-refractivity contribution in [2.45, 2.75) is 6.92 Å². The predicted molar refractivity (Wildman–Crippen MR) is 81.9 cm³/mol. The van der Waals surface area contributed by atoms with Gasteiger partial charge in [-0.15, -0.1) is 5.10 Å². The molecule has 1 fully saturated rings. The van der Waals surface area contributed by atoms with Crippen molar-refractivity contribution in [3.8, 4) is 0 Å².